The van der Waals surface area contributed by atoms with Crippen LogP contribution in [0.1, 0.15) is 32.1 Å². The smallest absolute Gasteiger partial charge is 0.431 e. The van der Waals surface area contributed by atoms with Gasteiger partial charge in [-0.15, -0.1) is 0 Å². The maximum atomic E-state index is 13.1. The first kappa shape index (κ1) is 18.0. The molecule has 0 rings (SSSR count). The molecule has 0 aromatic rings. The van der Waals surface area contributed by atoms with E-state index in [1.165, 1.54) is 0 Å². The summed E-state index contributed by atoms with van der Waals surface area (Å²) in [6.07, 6.45) is -14.6. The van der Waals surface area contributed by atoms with Crippen LogP contribution in [0.3, 0.4) is 0 Å². The molecule has 0 bridgehead atoms. The van der Waals surface area contributed by atoms with Gasteiger partial charge in [0.15, 0.2) is 0 Å². The molecule has 0 aromatic heterocycles. The van der Waals surface area contributed by atoms with Crippen molar-refractivity contribution in [1.29, 1.82) is 0 Å². The Kier molecular flexibility index (Phi) is 6.08. The summed E-state index contributed by atoms with van der Waals surface area (Å²) in [6.45, 7) is 0. The van der Waals surface area contributed by atoms with Crippen LogP contribution in [0.25, 0.3) is 0 Å². The first-order chi connectivity index (χ1) is 8.45. The number of alkyl halides is 7. The minimum atomic E-state index is -6.01. The van der Waals surface area contributed by atoms with Gasteiger partial charge < -0.3 is 4.74 Å². The molecular formula is C10H13F7O2. The minimum Gasteiger partial charge on any atom is -0.469 e. The second-order valence-corrected chi connectivity index (χ2v) is 3.93. The fourth-order valence-electron chi connectivity index (χ4n) is 1.36. The third kappa shape index (κ3) is 4.87. The zero-order chi connectivity index (χ0) is 15.3. The molecule has 0 atom stereocenters. The van der Waals surface area contributed by atoms with E-state index in [-0.39, 0.29) is 19.3 Å². The standard InChI is InChI=1S/C10H13F7O2/c1-19-7(18)5-3-2-4-6-8(11,9(12,13)14)10(15,16)17/h2-6H2,1H3. The van der Waals surface area contributed by atoms with Crippen molar-refractivity contribution in [3.8, 4) is 0 Å². The summed E-state index contributed by atoms with van der Waals surface area (Å²) in [5.41, 5.74) is -5.20. The van der Waals surface area contributed by atoms with Crippen LogP contribution in [0, 0.1) is 0 Å². The molecule has 0 amide bonds. The average Bonchev–Trinajstić information content (AvgIpc) is 2.24. The van der Waals surface area contributed by atoms with Crippen molar-refractivity contribution in [3.63, 3.8) is 0 Å². The number of esters is 1. The number of hydrogen-bond acceptors (Lipinski definition) is 2. The van der Waals surface area contributed by atoms with Gasteiger partial charge in [-0.25, -0.2) is 4.39 Å². The molecule has 19 heavy (non-hydrogen) atoms. The van der Waals surface area contributed by atoms with Crippen LogP contribution < -0.4 is 0 Å². The molecule has 0 saturated heterocycles. The highest BCUT2D eigenvalue weighted by molar-refractivity contribution is 5.68. The van der Waals surface area contributed by atoms with Gasteiger partial charge in [-0.1, -0.05) is 6.42 Å². The van der Waals surface area contributed by atoms with Gasteiger partial charge in [0.25, 0.3) is 5.67 Å². The van der Waals surface area contributed by atoms with Crippen molar-refractivity contribution >= 4 is 5.97 Å². The molecular weight excluding hydrogens is 285 g/mol. The number of ether oxygens (including phenoxy) is 1. The lowest BCUT2D eigenvalue weighted by molar-refractivity contribution is -0.343. The van der Waals surface area contributed by atoms with Crippen molar-refractivity contribution in [2.45, 2.75) is 50.1 Å². The van der Waals surface area contributed by atoms with Crippen LogP contribution in [0.15, 0.2) is 0 Å². The van der Waals surface area contributed by atoms with Crippen LogP contribution in [0.4, 0.5) is 30.7 Å². The lowest BCUT2D eigenvalue weighted by atomic mass is 9.96. The first-order valence-electron chi connectivity index (χ1n) is 5.35. The van der Waals surface area contributed by atoms with Gasteiger partial charge in [-0.2, -0.15) is 26.3 Å². The molecule has 0 aliphatic heterocycles. The highest BCUT2D eigenvalue weighted by Gasteiger charge is 2.71. The molecule has 9 heteroatoms. The van der Waals surface area contributed by atoms with Gasteiger partial charge in [0, 0.05) is 6.42 Å². The van der Waals surface area contributed by atoms with Crippen LogP contribution >= 0.6 is 0 Å². The van der Waals surface area contributed by atoms with E-state index < -0.39 is 36.8 Å². The molecule has 2 nitrogen and oxygen atoms in total. The third-order valence-corrected chi connectivity index (χ3v) is 2.53. The SMILES string of the molecule is COC(=O)CCCCCC(F)(C(F)(F)F)C(F)(F)F. The van der Waals surface area contributed by atoms with Crippen LogP contribution in [0.2, 0.25) is 0 Å². The Labute approximate surface area is 104 Å². The number of unbranched alkanes of at least 4 members (excludes halogenated alkanes) is 2. The molecule has 0 radical (unpaired) electrons. The molecule has 0 heterocycles. The van der Waals surface area contributed by atoms with Crippen molar-refractivity contribution in [2.24, 2.45) is 0 Å². The van der Waals surface area contributed by atoms with Gasteiger partial charge >= 0.3 is 18.3 Å². The summed E-state index contributed by atoms with van der Waals surface area (Å²) >= 11 is 0. The van der Waals surface area contributed by atoms with Crippen molar-refractivity contribution in [3.05, 3.63) is 0 Å². The fourth-order valence-corrected chi connectivity index (χ4v) is 1.36. The summed E-state index contributed by atoms with van der Waals surface area (Å²) in [5, 5.41) is 0. The number of rotatable bonds is 6. The number of methoxy groups -OCH3 is 1. The highest BCUT2D eigenvalue weighted by Crippen LogP contribution is 2.49. The summed E-state index contributed by atoms with van der Waals surface area (Å²) in [6, 6.07) is 0. The van der Waals surface area contributed by atoms with E-state index in [2.05, 4.69) is 4.74 Å². The van der Waals surface area contributed by atoms with E-state index in [0.717, 1.165) is 7.11 Å². The van der Waals surface area contributed by atoms with Gasteiger partial charge in [0.2, 0.25) is 0 Å². The largest absolute Gasteiger partial charge is 0.469 e. The van der Waals surface area contributed by atoms with Crippen LogP contribution in [0.5, 0.6) is 0 Å². The van der Waals surface area contributed by atoms with E-state index in [1.54, 1.807) is 0 Å². The molecule has 0 fully saturated rings. The highest BCUT2D eigenvalue weighted by atomic mass is 19.4. The molecule has 0 aliphatic rings. The number of halogens is 7. The molecule has 0 saturated carbocycles. The van der Waals surface area contributed by atoms with Crippen molar-refractivity contribution < 1.29 is 40.3 Å². The Morgan fingerprint density at radius 1 is 0.895 bits per heavy atom. The fraction of sp³-hybridized carbons (Fsp3) is 0.900. The Balaban J connectivity index is 4.36. The topological polar surface area (TPSA) is 26.3 Å². The number of hydrogen-bond donors (Lipinski definition) is 0. The summed E-state index contributed by atoms with van der Waals surface area (Å²) in [5.74, 6) is -0.627. The summed E-state index contributed by atoms with van der Waals surface area (Å²) < 4.78 is 90.1. The monoisotopic (exact) mass is 298 g/mol. The van der Waals surface area contributed by atoms with E-state index in [9.17, 15) is 35.5 Å². The van der Waals surface area contributed by atoms with Crippen LogP contribution in [-0.2, 0) is 9.53 Å². The zero-order valence-electron chi connectivity index (χ0n) is 10.00. The quantitative estimate of drug-likeness (QED) is 0.422. The summed E-state index contributed by atoms with van der Waals surface area (Å²) in [7, 11) is 1.10. The van der Waals surface area contributed by atoms with Crippen molar-refractivity contribution in [2.75, 3.05) is 7.11 Å². The Morgan fingerprint density at radius 2 is 1.37 bits per heavy atom. The molecule has 0 unspecified atom stereocenters. The molecule has 0 spiro atoms. The Morgan fingerprint density at radius 3 is 1.74 bits per heavy atom. The molecule has 114 valence electrons. The maximum Gasteiger partial charge on any atom is 0.431 e. The maximum absolute atomic E-state index is 13.1. The first-order valence-corrected chi connectivity index (χ1v) is 5.35. The molecule has 0 aliphatic carbocycles. The van der Waals surface area contributed by atoms with E-state index in [1.807, 2.05) is 0 Å². The van der Waals surface area contributed by atoms with Gasteiger partial charge in [-0.3, -0.25) is 4.79 Å². The van der Waals surface area contributed by atoms with E-state index in [0.29, 0.717) is 0 Å². The Bertz CT molecular complexity index is 281. The molecule has 0 N–H and O–H groups in total. The third-order valence-electron chi connectivity index (χ3n) is 2.53. The predicted molar refractivity (Wildman–Crippen MR) is 51.1 cm³/mol. The normalized spacial score (nSPS) is 13.5. The number of carbonyl (C=O) groups is 1. The minimum absolute atomic E-state index is 0.0401. The second-order valence-electron chi connectivity index (χ2n) is 3.93. The van der Waals surface area contributed by atoms with Crippen molar-refractivity contribution in [1.82, 2.24) is 0 Å². The molecule has 0 aromatic carbocycles. The lowest BCUT2D eigenvalue weighted by Crippen LogP contribution is -2.53. The zero-order valence-corrected chi connectivity index (χ0v) is 10.00. The van der Waals surface area contributed by atoms with Crippen LogP contribution in [-0.4, -0.2) is 31.1 Å². The summed E-state index contributed by atoms with van der Waals surface area (Å²) in [4.78, 5) is 10.6. The number of carbonyl (C=O) groups excluding carboxylic acids is 1. The second kappa shape index (κ2) is 6.42. The lowest BCUT2D eigenvalue weighted by Gasteiger charge is -2.29. The van der Waals surface area contributed by atoms with Gasteiger partial charge in [-0.05, 0) is 19.3 Å². The van der Waals surface area contributed by atoms with E-state index in [4.69, 9.17) is 0 Å². The van der Waals surface area contributed by atoms with Gasteiger partial charge in [0.1, 0.15) is 0 Å². The average molecular weight is 298 g/mol. The predicted octanol–water partition coefficient (Wildman–Crippen LogP) is 3.94. The van der Waals surface area contributed by atoms with Gasteiger partial charge in [0.05, 0.1) is 7.11 Å². The van der Waals surface area contributed by atoms with E-state index >= 15 is 0 Å². The Hall–Kier alpha value is -1.02.